The summed E-state index contributed by atoms with van der Waals surface area (Å²) in [6.07, 6.45) is 5.89. The summed E-state index contributed by atoms with van der Waals surface area (Å²) in [5, 5.41) is 0. The highest BCUT2D eigenvalue weighted by molar-refractivity contribution is 5.71. The van der Waals surface area contributed by atoms with E-state index in [2.05, 4.69) is 13.5 Å². The minimum Gasteiger partial charge on any atom is -0.501 e. The van der Waals surface area contributed by atoms with Crippen LogP contribution < -0.4 is 0 Å². The van der Waals surface area contributed by atoms with Gasteiger partial charge in [-0.15, -0.1) is 0 Å². The monoisotopic (exact) mass is 202 g/mol. The van der Waals surface area contributed by atoms with Crippen LogP contribution in [0.25, 0.3) is 5.57 Å². The fourth-order valence-corrected chi connectivity index (χ4v) is 1.17. The number of unbranched alkanes of at least 4 members (excludes halogenated alkanes) is 1. The molecule has 0 aliphatic carbocycles. The number of benzene rings is 1. The predicted octanol–water partition coefficient (Wildman–Crippen LogP) is 4.03. The molecule has 1 aromatic carbocycles. The van der Waals surface area contributed by atoms with E-state index in [1.165, 1.54) is 0 Å². The van der Waals surface area contributed by atoms with Gasteiger partial charge in [-0.25, -0.2) is 0 Å². The van der Waals surface area contributed by atoms with Gasteiger partial charge in [0.1, 0.15) is 0 Å². The summed E-state index contributed by atoms with van der Waals surface area (Å²) < 4.78 is 5.32. The largest absolute Gasteiger partial charge is 0.501 e. The smallest absolute Gasteiger partial charge is 0.0873 e. The summed E-state index contributed by atoms with van der Waals surface area (Å²) in [5.74, 6) is 0. The van der Waals surface area contributed by atoms with Gasteiger partial charge in [-0.2, -0.15) is 0 Å². The molecule has 15 heavy (non-hydrogen) atoms. The van der Waals surface area contributed by atoms with E-state index in [1.807, 2.05) is 36.4 Å². The average molecular weight is 202 g/mol. The Kier molecular flexibility index (Phi) is 5.31. The zero-order valence-corrected chi connectivity index (χ0v) is 9.28. The zero-order valence-electron chi connectivity index (χ0n) is 9.28. The Labute approximate surface area is 92.1 Å². The third kappa shape index (κ3) is 4.50. The van der Waals surface area contributed by atoms with Gasteiger partial charge in [0.25, 0.3) is 0 Å². The first kappa shape index (κ1) is 11.6. The molecule has 0 heterocycles. The molecule has 0 aliphatic heterocycles. The maximum atomic E-state index is 5.32. The molecule has 0 radical (unpaired) electrons. The Hall–Kier alpha value is -1.50. The summed E-state index contributed by atoms with van der Waals surface area (Å²) in [4.78, 5) is 0. The first-order chi connectivity index (χ1) is 7.34. The fraction of sp³-hybridized carbons (Fsp3) is 0.286. The van der Waals surface area contributed by atoms with Gasteiger partial charge in [0.05, 0.1) is 12.9 Å². The molecule has 1 heteroatoms. The lowest BCUT2D eigenvalue weighted by atomic mass is 10.1. The Morgan fingerprint density at radius 3 is 2.73 bits per heavy atom. The first-order valence-corrected chi connectivity index (χ1v) is 5.37. The molecule has 0 spiro atoms. The van der Waals surface area contributed by atoms with Gasteiger partial charge in [-0.3, -0.25) is 0 Å². The van der Waals surface area contributed by atoms with Crippen LogP contribution in [0.2, 0.25) is 0 Å². The van der Waals surface area contributed by atoms with Crippen molar-refractivity contribution in [1.82, 2.24) is 0 Å². The maximum Gasteiger partial charge on any atom is 0.0873 e. The van der Waals surface area contributed by atoms with Crippen LogP contribution in [-0.2, 0) is 4.74 Å². The summed E-state index contributed by atoms with van der Waals surface area (Å²) in [7, 11) is 0. The third-order valence-electron chi connectivity index (χ3n) is 2.13. The van der Waals surface area contributed by atoms with Gasteiger partial charge in [0.15, 0.2) is 0 Å². The molecular weight excluding hydrogens is 184 g/mol. The van der Waals surface area contributed by atoms with E-state index in [4.69, 9.17) is 4.74 Å². The van der Waals surface area contributed by atoms with Gasteiger partial charge in [-0.1, -0.05) is 50.3 Å². The van der Waals surface area contributed by atoms with Crippen LogP contribution in [0.15, 0.2) is 49.2 Å². The number of hydrogen-bond acceptors (Lipinski definition) is 1. The highest BCUT2D eigenvalue weighted by atomic mass is 16.5. The van der Waals surface area contributed by atoms with Crippen LogP contribution in [0.4, 0.5) is 0 Å². The SMILES string of the molecule is C=C(/C=C/OCCCC)c1ccccc1. The van der Waals surface area contributed by atoms with Crippen molar-refractivity contribution in [3.8, 4) is 0 Å². The molecule has 0 aliphatic rings. The molecule has 80 valence electrons. The Morgan fingerprint density at radius 2 is 2.07 bits per heavy atom. The number of allylic oxidation sites excluding steroid dienone is 2. The minimum atomic E-state index is 0.787. The molecule has 0 unspecified atom stereocenters. The average Bonchev–Trinajstić information content (AvgIpc) is 2.30. The molecule has 0 bridgehead atoms. The molecule has 1 aromatic rings. The summed E-state index contributed by atoms with van der Waals surface area (Å²) >= 11 is 0. The molecule has 0 N–H and O–H groups in total. The van der Waals surface area contributed by atoms with Crippen LogP contribution in [0, 0.1) is 0 Å². The quantitative estimate of drug-likeness (QED) is 0.384. The molecule has 0 atom stereocenters. The van der Waals surface area contributed by atoms with Crippen LogP contribution in [0.5, 0.6) is 0 Å². The van der Waals surface area contributed by atoms with E-state index in [9.17, 15) is 0 Å². The highest BCUT2D eigenvalue weighted by Gasteiger charge is 1.91. The molecule has 0 aromatic heterocycles. The van der Waals surface area contributed by atoms with Gasteiger partial charge < -0.3 is 4.74 Å². The summed E-state index contributed by atoms with van der Waals surface area (Å²) in [6.45, 7) is 6.91. The van der Waals surface area contributed by atoms with Crippen molar-refractivity contribution in [2.24, 2.45) is 0 Å². The lowest BCUT2D eigenvalue weighted by Crippen LogP contribution is -1.85. The lowest BCUT2D eigenvalue weighted by molar-refractivity contribution is 0.244. The number of hydrogen-bond donors (Lipinski definition) is 0. The second kappa shape index (κ2) is 6.88. The minimum absolute atomic E-state index is 0.787. The maximum absolute atomic E-state index is 5.32. The van der Waals surface area contributed by atoms with Crippen molar-refractivity contribution in [3.63, 3.8) is 0 Å². The van der Waals surface area contributed by atoms with E-state index in [1.54, 1.807) is 6.26 Å². The fourth-order valence-electron chi connectivity index (χ4n) is 1.17. The van der Waals surface area contributed by atoms with Crippen LogP contribution in [0.1, 0.15) is 25.3 Å². The van der Waals surface area contributed by atoms with Crippen molar-refractivity contribution in [2.75, 3.05) is 6.61 Å². The van der Waals surface area contributed by atoms with Crippen molar-refractivity contribution in [1.29, 1.82) is 0 Å². The van der Waals surface area contributed by atoms with Crippen LogP contribution in [-0.4, -0.2) is 6.61 Å². The van der Waals surface area contributed by atoms with Gasteiger partial charge in [0, 0.05) is 0 Å². The lowest BCUT2D eigenvalue weighted by Gasteiger charge is -2.00. The third-order valence-corrected chi connectivity index (χ3v) is 2.13. The predicted molar refractivity (Wildman–Crippen MR) is 65.5 cm³/mol. The van der Waals surface area contributed by atoms with E-state index in [0.29, 0.717) is 0 Å². The zero-order chi connectivity index (χ0) is 10.9. The molecule has 0 saturated heterocycles. The van der Waals surface area contributed by atoms with Crippen LogP contribution >= 0.6 is 0 Å². The normalized spacial score (nSPS) is 10.5. The summed E-state index contributed by atoms with van der Waals surface area (Å²) in [6, 6.07) is 10.1. The van der Waals surface area contributed by atoms with Gasteiger partial charge in [0.2, 0.25) is 0 Å². The molecule has 0 saturated carbocycles. The Morgan fingerprint density at radius 1 is 1.33 bits per heavy atom. The highest BCUT2D eigenvalue weighted by Crippen LogP contribution is 2.12. The topological polar surface area (TPSA) is 9.23 Å². The standard InChI is InChI=1S/C14H18O/c1-3-4-11-15-12-10-13(2)14-8-6-5-7-9-14/h5-10,12H,2-4,11H2,1H3/b12-10+. The molecular formula is C14H18O. The van der Waals surface area contributed by atoms with E-state index in [-0.39, 0.29) is 0 Å². The van der Waals surface area contributed by atoms with Crippen LogP contribution in [0.3, 0.4) is 0 Å². The Bertz CT molecular complexity index is 311. The van der Waals surface area contributed by atoms with Crippen molar-refractivity contribution >= 4 is 5.57 Å². The molecule has 0 amide bonds. The Balaban J connectivity index is 2.36. The second-order valence-electron chi connectivity index (χ2n) is 3.42. The van der Waals surface area contributed by atoms with Crippen molar-refractivity contribution < 1.29 is 4.74 Å². The van der Waals surface area contributed by atoms with Gasteiger partial charge in [-0.05, 0) is 23.6 Å². The number of rotatable bonds is 6. The van der Waals surface area contributed by atoms with E-state index >= 15 is 0 Å². The second-order valence-corrected chi connectivity index (χ2v) is 3.42. The number of ether oxygens (including phenoxy) is 1. The molecule has 0 fully saturated rings. The van der Waals surface area contributed by atoms with Crippen molar-refractivity contribution in [2.45, 2.75) is 19.8 Å². The van der Waals surface area contributed by atoms with E-state index in [0.717, 1.165) is 30.6 Å². The van der Waals surface area contributed by atoms with Gasteiger partial charge >= 0.3 is 0 Å². The van der Waals surface area contributed by atoms with E-state index < -0.39 is 0 Å². The molecule has 1 rings (SSSR count). The van der Waals surface area contributed by atoms with Crippen molar-refractivity contribution in [3.05, 3.63) is 54.8 Å². The molecule has 1 nitrogen and oxygen atoms in total. The summed E-state index contributed by atoms with van der Waals surface area (Å²) in [5.41, 5.74) is 2.11. The first-order valence-electron chi connectivity index (χ1n) is 5.37.